The number of hydrogen-bond acceptors (Lipinski definition) is 9. The molecule has 3 aromatic rings. The quantitative estimate of drug-likeness (QED) is 0.418. The van der Waals surface area contributed by atoms with Crippen molar-refractivity contribution in [2.45, 2.75) is 44.7 Å². The van der Waals surface area contributed by atoms with Gasteiger partial charge in [-0.2, -0.15) is 9.78 Å². The molecule has 0 atom stereocenters. The maximum absolute atomic E-state index is 13.8. The van der Waals surface area contributed by atoms with Gasteiger partial charge < -0.3 is 5.73 Å². The maximum Gasteiger partial charge on any atom is 0.293 e. The van der Waals surface area contributed by atoms with Crippen LogP contribution in [0.15, 0.2) is 34.0 Å². The molecule has 4 rings (SSSR count). The molecule has 1 fully saturated rings. The minimum absolute atomic E-state index is 0.0287. The molecule has 1 saturated carbocycles. The second-order valence-corrected chi connectivity index (χ2v) is 7.70. The van der Waals surface area contributed by atoms with Gasteiger partial charge in [0.1, 0.15) is 5.82 Å². The number of nitrogens with zero attached hydrogens (tertiary/aromatic N) is 7. The minimum atomic E-state index is -0.592. The summed E-state index contributed by atoms with van der Waals surface area (Å²) in [7, 11) is 2.00. The Morgan fingerprint density at radius 2 is 2.12 bits per heavy atom. The minimum Gasteiger partial charge on any atom is -0.378 e. The van der Waals surface area contributed by atoms with Crippen molar-refractivity contribution >= 4 is 17.9 Å². The van der Waals surface area contributed by atoms with Gasteiger partial charge >= 0.3 is 0 Å². The number of nitrogens with two attached hydrogens (primary N) is 1. The van der Waals surface area contributed by atoms with E-state index in [0.717, 1.165) is 12.8 Å². The molecule has 32 heavy (non-hydrogen) atoms. The Hall–Kier alpha value is -3.67. The number of amides is 1. The highest BCUT2D eigenvalue weighted by molar-refractivity contribution is 5.94. The third-order valence-corrected chi connectivity index (χ3v) is 5.55. The summed E-state index contributed by atoms with van der Waals surface area (Å²) in [5.41, 5.74) is 8.98. The van der Waals surface area contributed by atoms with Crippen LogP contribution in [0, 0.1) is 5.82 Å². The van der Waals surface area contributed by atoms with Crippen molar-refractivity contribution in [2.75, 3.05) is 12.8 Å². The van der Waals surface area contributed by atoms with Crippen LogP contribution in [0.4, 0.5) is 10.2 Å². The summed E-state index contributed by atoms with van der Waals surface area (Å²) in [6, 6.07) is 6.49. The van der Waals surface area contributed by atoms with E-state index in [4.69, 9.17) is 5.73 Å². The smallest absolute Gasteiger partial charge is 0.293 e. The van der Waals surface area contributed by atoms with Crippen molar-refractivity contribution in [1.29, 1.82) is 0 Å². The Balaban J connectivity index is 1.58. The number of rotatable bonds is 7. The summed E-state index contributed by atoms with van der Waals surface area (Å²) in [5, 5.41) is 19.3. The number of nitrogens with one attached hydrogen (secondary N) is 1. The van der Waals surface area contributed by atoms with Crippen molar-refractivity contribution in [3.63, 3.8) is 0 Å². The average Bonchev–Trinajstić information content (AvgIpc) is 3.41. The first-order chi connectivity index (χ1) is 15.5. The van der Waals surface area contributed by atoms with E-state index in [9.17, 15) is 9.18 Å². The Labute approximate surface area is 183 Å². The summed E-state index contributed by atoms with van der Waals surface area (Å²) < 4.78 is 19.8. The van der Waals surface area contributed by atoms with E-state index in [-0.39, 0.29) is 22.9 Å². The van der Waals surface area contributed by atoms with Gasteiger partial charge in [-0.25, -0.2) is 14.4 Å². The van der Waals surface area contributed by atoms with E-state index < -0.39 is 11.7 Å². The van der Waals surface area contributed by atoms with Gasteiger partial charge in [-0.15, -0.1) is 5.10 Å². The van der Waals surface area contributed by atoms with Crippen LogP contribution in [0.3, 0.4) is 0 Å². The Kier molecular flexibility index (Phi) is 6.50. The van der Waals surface area contributed by atoms with Gasteiger partial charge in [0.2, 0.25) is 11.6 Å². The topological polar surface area (TPSA) is 140 Å². The van der Waals surface area contributed by atoms with Gasteiger partial charge in [-0.1, -0.05) is 42.7 Å². The second kappa shape index (κ2) is 9.64. The number of carbonyl (C=O) groups is 1. The van der Waals surface area contributed by atoms with Gasteiger partial charge in [0.05, 0.1) is 11.9 Å². The molecule has 1 aliphatic carbocycles. The molecule has 12 heteroatoms. The molecule has 0 bridgehead atoms. The third-order valence-electron chi connectivity index (χ3n) is 5.55. The first kappa shape index (κ1) is 21.6. The predicted octanol–water partition coefficient (Wildman–Crippen LogP) is 1.90. The first-order valence-corrected chi connectivity index (χ1v) is 10.4. The lowest BCUT2D eigenvalue weighted by atomic mass is 9.94. The molecule has 0 unspecified atom stereocenters. The van der Waals surface area contributed by atoms with Crippen LogP contribution in [0.2, 0.25) is 0 Å². The standard InChI is InChI=1S/C20H24FN9O2/c1-29(14-8-3-2-4-9-14)12-16-17(24-28-30(16)19-18(22)26-32-27-19)20(31)25-23-11-13-7-5-6-10-15(13)21/h5-7,10-11,14H,2-4,8-9,12H2,1H3,(H2,22,26)(H,25,31). The van der Waals surface area contributed by atoms with Crippen LogP contribution < -0.4 is 11.2 Å². The monoisotopic (exact) mass is 441 g/mol. The number of halogens is 1. The Bertz CT molecular complexity index is 1100. The van der Waals surface area contributed by atoms with Crippen molar-refractivity contribution < 1.29 is 13.8 Å². The van der Waals surface area contributed by atoms with E-state index in [1.807, 2.05) is 7.05 Å². The molecule has 1 aliphatic rings. The number of anilines is 1. The van der Waals surface area contributed by atoms with E-state index in [0.29, 0.717) is 18.3 Å². The normalized spacial score (nSPS) is 15.0. The van der Waals surface area contributed by atoms with Gasteiger partial charge in [0.25, 0.3) is 5.91 Å². The van der Waals surface area contributed by atoms with Crippen LogP contribution in [0.25, 0.3) is 5.82 Å². The molecule has 0 aliphatic heterocycles. The largest absolute Gasteiger partial charge is 0.378 e. The zero-order valence-corrected chi connectivity index (χ0v) is 17.6. The fourth-order valence-electron chi connectivity index (χ4n) is 3.81. The third kappa shape index (κ3) is 4.64. The van der Waals surface area contributed by atoms with Crippen LogP contribution in [-0.2, 0) is 6.54 Å². The molecule has 11 nitrogen and oxygen atoms in total. The number of benzene rings is 1. The fourth-order valence-corrected chi connectivity index (χ4v) is 3.81. The zero-order chi connectivity index (χ0) is 22.5. The van der Waals surface area contributed by atoms with Gasteiger partial charge in [0, 0.05) is 18.2 Å². The number of hydrazone groups is 1. The maximum atomic E-state index is 13.8. The average molecular weight is 441 g/mol. The molecule has 1 amide bonds. The molecule has 168 valence electrons. The molecule has 1 aromatic carbocycles. The highest BCUT2D eigenvalue weighted by Gasteiger charge is 2.27. The summed E-state index contributed by atoms with van der Waals surface area (Å²) >= 11 is 0. The molecule has 0 saturated heterocycles. The summed E-state index contributed by atoms with van der Waals surface area (Å²) in [6.07, 6.45) is 6.97. The van der Waals surface area contributed by atoms with E-state index >= 15 is 0 Å². The second-order valence-electron chi connectivity index (χ2n) is 7.70. The molecule has 0 spiro atoms. The van der Waals surface area contributed by atoms with Crippen molar-refractivity contribution in [3.05, 3.63) is 47.0 Å². The number of nitrogen functional groups attached to an aromatic ring is 1. The van der Waals surface area contributed by atoms with E-state index in [1.165, 1.54) is 36.2 Å². The number of aromatic nitrogens is 5. The van der Waals surface area contributed by atoms with E-state index in [2.05, 4.69) is 40.7 Å². The molecule has 3 N–H and O–H groups in total. The first-order valence-electron chi connectivity index (χ1n) is 10.4. The Morgan fingerprint density at radius 3 is 2.84 bits per heavy atom. The highest BCUT2D eigenvalue weighted by atomic mass is 19.1. The Morgan fingerprint density at radius 1 is 1.34 bits per heavy atom. The highest BCUT2D eigenvalue weighted by Crippen LogP contribution is 2.24. The molecule has 0 radical (unpaired) electrons. The fraction of sp³-hybridized carbons (Fsp3) is 0.400. The number of hydrogen-bond donors (Lipinski definition) is 2. The van der Waals surface area contributed by atoms with Crippen LogP contribution in [-0.4, -0.2) is 55.4 Å². The van der Waals surface area contributed by atoms with Crippen LogP contribution >= 0.6 is 0 Å². The summed E-state index contributed by atoms with van der Waals surface area (Å²) in [4.78, 5) is 15.0. The lowest BCUT2D eigenvalue weighted by Crippen LogP contribution is -2.34. The molecular weight excluding hydrogens is 417 g/mol. The van der Waals surface area contributed by atoms with Crippen molar-refractivity contribution in [1.82, 2.24) is 35.6 Å². The van der Waals surface area contributed by atoms with Gasteiger partial charge in [0.15, 0.2) is 5.69 Å². The van der Waals surface area contributed by atoms with Crippen molar-refractivity contribution in [2.24, 2.45) is 5.10 Å². The van der Waals surface area contributed by atoms with Gasteiger partial charge in [-0.3, -0.25) is 9.69 Å². The lowest BCUT2D eigenvalue weighted by molar-refractivity contribution is 0.0947. The van der Waals surface area contributed by atoms with Crippen LogP contribution in [0.5, 0.6) is 0 Å². The summed E-state index contributed by atoms with van der Waals surface area (Å²) in [6.45, 7) is 0.379. The summed E-state index contributed by atoms with van der Waals surface area (Å²) in [5.74, 6) is -0.856. The number of carbonyl (C=O) groups excluding carboxylic acids is 1. The molecule has 2 heterocycles. The van der Waals surface area contributed by atoms with Crippen molar-refractivity contribution in [3.8, 4) is 5.82 Å². The SMILES string of the molecule is CN(Cc1c(C(=O)NN=Cc2ccccc2F)nnn1-c1nonc1N)C1CCCCC1. The predicted molar refractivity (Wildman–Crippen MR) is 113 cm³/mol. The molecule has 2 aromatic heterocycles. The van der Waals surface area contributed by atoms with Crippen LogP contribution in [0.1, 0.15) is 53.8 Å². The van der Waals surface area contributed by atoms with Gasteiger partial charge in [-0.05, 0) is 36.3 Å². The lowest BCUT2D eigenvalue weighted by Gasteiger charge is -2.31. The van der Waals surface area contributed by atoms with E-state index in [1.54, 1.807) is 18.2 Å². The zero-order valence-electron chi connectivity index (χ0n) is 17.6. The molecular formula is C20H24FN9O2.